The van der Waals surface area contributed by atoms with Crippen molar-refractivity contribution in [2.24, 2.45) is 0 Å². The molecule has 3 N–H and O–H groups in total. The molecule has 2 aromatic carbocycles. The molecule has 5 heteroatoms. The van der Waals surface area contributed by atoms with Crippen LogP contribution >= 0.6 is 0 Å². The van der Waals surface area contributed by atoms with Crippen LogP contribution in [0.25, 0.3) is 22.2 Å². The van der Waals surface area contributed by atoms with E-state index in [1.54, 1.807) is 7.05 Å². The highest BCUT2D eigenvalue weighted by Crippen LogP contribution is 2.30. The number of aromatic amines is 1. The predicted molar refractivity (Wildman–Crippen MR) is 122 cm³/mol. The molecule has 0 saturated carbocycles. The second kappa shape index (κ2) is 11.2. The van der Waals surface area contributed by atoms with Crippen LogP contribution in [0.15, 0.2) is 54.6 Å². The average molecular weight is 406 g/mol. The van der Waals surface area contributed by atoms with E-state index in [2.05, 4.69) is 45.9 Å². The number of carbonyl (C=O) groups excluding carboxylic acids is 2. The van der Waals surface area contributed by atoms with Gasteiger partial charge in [-0.15, -0.1) is 0 Å². The van der Waals surface area contributed by atoms with Crippen LogP contribution in [0.3, 0.4) is 0 Å². The van der Waals surface area contributed by atoms with E-state index < -0.39 is 0 Å². The number of rotatable bonds is 11. The predicted octanol–water partition coefficient (Wildman–Crippen LogP) is 4.58. The van der Waals surface area contributed by atoms with Crippen molar-refractivity contribution in [2.45, 2.75) is 44.9 Å². The Bertz CT molecular complexity index is 963. The summed E-state index contributed by atoms with van der Waals surface area (Å²) in [7, 11) is 1.66. The standard InChI is InChI=1S/C25H31N3O2/c1-26-23(29)15-7-2-3-8-16-24(30)27-18-17-21-20-13-9-10-14-22(20)28-25(21)19-11-5-4-6-12-19/h4-6,9-14,28H,2-3,7-8,15-18H2,1H3,(H,26,29)(H,27,30). The van der Waals surface area contributed by atoms with Gasteiger partial charge in [0.2, 0.25) is 11.8 Å². The Kier molecular flexibility index (Phi) is 8.07. The smallest absolute Gasteiger partial charge is 0.220 e. The quantitative estimate of drug-likeness (QED) is 0.409. The number of unbranched alkanes of at least 4 members (excludes halogenated alkanes) is 3. The van der Waals surface area contributed by atoms with Crippen molar-refractivity contribution in [3.63, 3.8) is 0 Å². The lowest BCUT2D eigenvalue weighted by Gasteiger charge is -2.08. The van der Waals surface area contributed by atoms with Crippen molar-refractivity contribution in [1.82, 2.24) is 15.6 Å². The van der Waals surface area contributed by atoms with Gasteiger partial charge in [0.15, 0.2) is 0 Å². The van der Waals surface area contributed by atoms with E-state index in [1.807, 2.05) is 24.3 Å². The third-order valence-electron chi connectivity index (χ3n) is 5.41. The van der Waals surface area contributed by atoms with Gasteiger partial charge in [-0.25, -0.2) is 0 Å². The number of H-pyrrole nitrogens is 1. The summed E-state index contributed by atoms with van der Waals surface area (Å²) in [5.74, 6) is 0.183. The van der Waals surface area contributed by atoms with Gasteiger partial charge >= 0.3 is 0 Å². The third kappa shape index (κ3) is 5.96. The molecule has 0 unspecified atom stereocenters. The fourth-order valence-electron chi connectivity index (χ4n) is 3.78. The number of nitrogens with one attached hydrogen (secondary N) is 3. The van der Waals surface area contributed by atoms with Crippen molar-refractivity contribution >= 4 is 22.7 Å². The molecule has 0 spiro atoms. The van der Waals surface area contributed by atoms with Gasteiger partial charge in [-0.2, -0.15) is 0 Å². The molecule has 0 saturated heterocycles. The van der Waals surface area contributed by atoms with E-state index in [4.69, 9.17) is 0 Å². The van der Waals surface area contributed by atoms with Crippen LogP contribution in [0.4, 0.5) is 0 Å². The Balaban J connectivity index is 1.49. The number of hydrogen-bond acceptors (Lipinski definition) is 2. The minimum atomic E-state index is 0.0832. The summed E-state index contributed by atoms with van der Waals surface area (Å²) in [6, 6.07) is 18.6. The van der Waals surface area contributed by atoms with Crippen molar-refractivity contribution in [3.8, 4) is 11.3 Å². The summed E-state index contributed by atoms with van der Waals surface area (Å²) in [5, 5.41) is 6.90. The van der Waals surface area contributed by atoms with Gasteiger partial charge in [0.05, 0.1) is 0 Å². The molecule has 3 aromatic rings. The van der Waals surface area contributed by atoms with E-state index in [1.165, 1.54) is 10.9 Å². The second-order valence-electron chi connectivity index (χ2n) is 7.58. The fourth-order valence-corrected chi connectivity index (χ4v) is 3.78. The zero-order chi connectivity index (χ0) is 21.2. The number of carbonyl (C=O) groups is 2. The minimum absolute atomic E-state index is 0.0832. The summed E-state index contributed by atoms with van der Waals surface area (Å²) >= 11 is 0. The van der Waals surface area contributed by atoms with Gasteiger partial charge in [0.25, 0.3) is 0 Å². The molecular formula is C25H31N3O2. The summed E-state index contributed by atoms with van der Waals surface area (Å²) < 4.78 is 0. The third-order valence-corrected chi connectivity index (χ3v) is 5.41. The summed E-state index contributed by atoms with van der Waals surface area (Å²) in [6.45, 7) is 0.622. The summed E-state index contributed by atoms with van der Waals surface area (Å²) in [4.78, 5) is 26.9. The van der Waals surface area contributed by atoms with Crippen molar-refractivity contribution in [1.29, 1.82) is 0 Å². The summed E-state index contributed by atoms with van der Waals surface area (Å²) in [6.07, 6.45) is 5.59. The molecule has 0 atom stereocenters. The Hall–Kier alpha value is -3.08. The molecule has 30 heavy (non-hydrogen) atoms. The summed E-state index contributed by atoms with van der Waals surface area (Å²) in [5.41, 5.74) is 4.65. The molecule has 0 aliphatic carbocycles. The molecular weight excluding hydrogens is 374 g/mol. The van der Waals surface area contributed by atoms with Crippen LogP contribution in [-0.2, 0) is 16.0 Å². The van der Waals surface area contributed by atoms with E-state index in [0.717, 1.165) is 48.9 Å². The minimum Gasteiger partial charge on any atom is -0.359 e. The number of amides is 2. The van der Waals surface area contributed by atoms with E-state index >= 15 is 0 Å². The van der Waals surface area contributed by atoms with Crippen LogP contribution in [-0.4, -0.2) is 30.4 Å². The monoisotopic (exact) mass is 405 g/mol. The van der Waals surface area contributed by atoms with Crippen LogP contribution < -0.4 is 10.6 Å². The molecule has 0 radical (unpaired) electrons. The van der Waals surface area contributed by atoms with E-state index in [9.17, 15) is 9.59 Å². The molecule has 158 valence electrons. The number of aromatic nitrogens is 1. The average Bonchev–Trinajstić information content (AvgIpc) is 3.15. The molecule has 5 nitrogen and oxygen atoms in total. The SMILES string of the molecule is CNC(=O)CCCCCCC(=O)NCCc1c(-c2ccccc2)[nH]c2ccccc12. The number of hydrogen-bond donors (Lipinski definition) is 3. The van der Waals surface area contributed by atoms with Gasteiger partial charge < -0.3 is 15.6 Å². The van der Waals surface area contributed by atoms with Crippen LogP contribution in [0, 0.1) is 0 Å². The van der Waals surface area contributed by atoms with Crippen LogP contribution in [0.2, 0.25) is 0 Å². The number of benzene rings is 2. The first-order valence-electron chi connectivity index (χ1n) is 10.8. The van der Waals surface area contributed by atoms with Gasteiger partial charge in [-0.05, 0) is 36.5 Å². The van der Waals surface area contributed by atoms with E-state index in [-0.39, 0.29) is 11.8 Å². The molecule has 0 aliphatic heterocycles. The maximum absolute atomic E-state index is 12.2. The highest BCUT2D eigenvalue weighted by atomic mass is 16.2. The first-order valence-corrected chi connectivity index (χ1v) is 10.8. The molecule has 1 aromatic heterocycles. The molecule has 0 fully saturated rings. The Morgan fingerprint density at radius 3 is 2.23 bits per heavy atom. The highest BCUT2D eigenvalue weighted by Gasteiger charge is 2.13. The Morgan fingerprint density at radius 2 is 1.50 bits per heavy atom. The first kappa shape index (κ1) is 21.6. The molecule has 0 bridgehead atoms. The molecule has 3 rings (SSSR count). The lowest BCUT2D eigenvalue weighted by molar-refractivity contribution is -0.122. The maximum Gasteiger partial charge on any atom is 0.220 e. The zero-order valence-electron chi connectivity index (χ0n) is 17.7. The second-order valence-corrected chi connectivity index (χ2v) is 7.58. The van der Waals surface area contributed by atoms with E-state index in [0.29, 0.717) is 19.4 Å². The number of para-hydroxylation sites is 1. The lowest BCUT2D eigenvalue weighted by Crippen LogP contribution is -2.25. The van der Waals surface area contributed by atoms with Gasteiger partial charge in [-0.3, -0.25) is 9.59 Å². The first-order chi connectivity index (χ1) is 14.7. The lowest BCUT2D eigenvalue weighted by atomic mass is 10.0. The normalized spacial score (nSPS) is 10.8. The van der Waals surface area contributed by atoms with Crippen molar-refractivity contribution in [2.75, 3.05) is 13.6 Å². The van der Waals surface area contributed by atoms with Gasteiger partial charge in [0, 0.05) is 43.0 Å². The molecule has 2 amide bonds. The van der Waals surface area contributed by atoms with Crippen LogP contribution in [0.5, 0.6) is 0 Å². The topological polar surface area (TPSA) is 74.0 Å². The van der Waals surface area contributed by atoms with Gasteiger partial charge in [0.1, 0.15) is 0 Å². The largest absolute Gasteiger partial charge is 0.359 e. The Morgan fingerprint density at radius 1 is 0.833 bits per heavy atom. The molecule has 1 heterocycles. The van der Waals surface area contributed by atoms with Crippen molar-refractivity contribution in [3.05, 3.63) is 60.2 Å². The molecule has 0 aliphatic rings. The van der Waals surface area contributed by atoms with Crippen molar-refractivity contribution < 1.29 is 9.59 Å². The van der Waals surface area contributed by atoms with Crippen LogP contribution in [0.1, 0.15) is 44.1 Å². The maximum atomic E-state index is 12.2. The fraction of sp³-hybridized carbons (Fsp3) is 0.360. The van der Waals surface area contributed by atoms with Gasteiger partial charge in [-0.1, -0.05) is 61.4 Å². The Labute approximate surface area is 178 Å². The zero-order valence-corrected chi connectivity index (χ0v) is 17.7. The highest BCUT2D eigenvalue weighted by molar-refractivity contribution is 5.90. The number of fused-ring (bicyclic) bond motifs is 1.